The molecular weight excluding hydrogens is 336 g/mol. The van der Waals surface area contributed by atoms with Crippen LogP contribution in [-0.4, -0.2) is 17.0 Å². The molecule has 0 spiro atoms. The van der Waals surface area contributed by atoms with E-state index in [2.05, 4.69) is 20.9 Å². The molecule has 0 aliphatic heterocycles. The number of primary amides is 1. The molecule has 2 aromatic rings. The molecule has 0 aliphatic carbocycles. The number of hydrogen-bond donors (Lipinski definition) is 5. The van der Waals surface area contributed by atoms with E-state index in [1.54, 1.807) is 42.5 Å². The molecule has 2 rings (SSSR count). The number of aliphatic hydroxyl groups excluding tert-OH is 1. The van der Waals surface area contributed by atoms with Crippen molar-refractivity contribution < 1.29 is 14.7 Å². The average molecular weight is 354 g/mol. The van der Waals surface area contributed by atoms with Crippen LogP contribution in [0.25, 0.3) is 0 Å². The van der Waals surface area contributed by atoms with Crippen molar-refractivity contribution in [3.8, 4) is 0 Å². The minimum Gasteiger partial charge on any atom is -0.510 e. The Balaban J connectivity index is 2.16. The smallest absolute Gasteiger partial charge is 0.316 e. The Morgan fingerprint density at radius 1 is 1.04 bits per heavy atom. The van der Waals surface area contributed by atoms with Gasteiger partial charge in [0.1, 0.15) is 5.76 Å². The number of benzene rings is 2. The van der Waals surface area contributed by atoms with Gasteiger partial charge in [0.15, 0.2) is 5.70 Å². The number of rotatable bonds is 5. The van der Waals surface area contributed by atoms with Crippen molar-refractivity contribution in [1.82, 2.24) is 0 Å². The highest BCUT2D eigenvalue weighted by Crippen LogP contribution is 2.20. The fourth-order valence-electron chi connectivity index (χ4n) is 1.93. The van der Waals surface area contributed by atoms with Crippen LogP contribution in [0.1, 0.15) is 6.92 Å². The number of aliphatic hydroxyl groups is 1. The molecule has 0 saturated carbocycles. The van der Waals surface area contributed by atoms with Gasteiger partial charge in [0.2, 0.25) is 0 Å². The Hall–Kier alpha value is -3.88. The summed E-state index contributed by atoms with van der Waals surface area (Å²) in [6.45, 7) is 1.32. The van der Waals surface area contributed by atoms with Crippen LogP contribution in [0.15, 0.2) is 70.2 Å². The first-order valence-corrected chi connectivity index (χ1v) is 7.50. The predicted octanol–water partition coefficient (Wildman–Crippen LogP) is 3.27. The summed E-state index contributed by atoms with van der Waals surface area (Å²) >= 11 is 0. The van der Waals surface area contributed by atoms with Crippen LogP contribution in [0.3, 0.4) is 0 Å². The van der Waals surface area contributed by atoms with E-state index in [-0.39, 0.29) is 11.5 Å². The number of amides is 3. The molecule has 7 N–H and O–H groups in total. The molecule has 134 valence electrons. The van der Waals surface area contributed by atoms with Gasteiger partial charge in [-0.3, -0.25) is 4.79 Å². The highest BCUT2D eigenvalue weighted by Gasteiger charge is 2.13. The van der Waals surface area contributed by atoms with Crippen LogP contribution in [0.2, 0.25) is 0 Å². The third-order valence-corrected chi connectivity index (χ3v) is 3.11. The molecule has 0 radical (unpaired) electrons. The Morgan fingerprint density at radius 2 is 1.73 bits per heavy atom. The summed E-state index contributed by atoms with van der Waals surface area (Å²) in [5.41, 5.74) is 12.2. The fourth-order valence-corrected chi connectivity index (χ4v) is 1.93. The minimum atomic E-state index is -0.714. The molecular formula is C17H18N6O3. The Kier molecular flexibility index (Phi) is 5.88. The van der Waals surface area contributed by atoms with Crippen LogP contribution in [0, 0.1) is 0 Å². The van der Waals surface area contributed by atoms with Crippen molar-refractivity contribution in [2.45, 2.75) is 6.92 Å². The number of anilines is 3. The summed E-state index contributed by atoms with van der Waals surface area (Å²) in [5.74, 6) is -0.932. The van der Waals surface area contributed by atoms with Crippen molar-refractivity contribution in [3.05, 3.63) is 60.0 Å². The molecule has 0 bridgehead atoms. The van der Waals surface area contributed by atoms with Gasteiger partial charge < -0.3 is 27.2 Å². The van der Waals surface area contributed by atoms with E-state index in [0.29, 0.717) is 22.7 Å². The summed E-state index contributed by atoms with van der Waals surface area (Å²) in [5, 5.41) is 22.4. The van der Waals surface area contributed by atoms with Crippen molar-refractivity contribution >= 4 is 34.7 Å². The zero-order valence-electron chi connectivity index (χ0n) is 13.9. The maximum absolute atomic E-state index is 12.3. The van der Waals surface area contributed by atoms with Gasteiger partial charge in [0.25, 0.3) is 5.91 Å². The van der Waals surface area contributed by atoms with E-state index in [9.17, 15) is 14.7 Å². The van der Waals surface area contributed by atoms with E-state index in [1.165, 1.54) is 13.0 Å². The zero-order valence-corrected chi connectivity index (χ0v) is 13.9. The molecule has 0 unspecified atom stereocenters. The number of nitrogens with zero attached hydrogens (tertiary/aromatic N) is 2. The van der Waals surface area contributed by atoms with Gasteiger partial charge in [-0.25, -0.2) is 4.79 Å². The standard InChI is InChI=1S/C17H18N6O3/c1-10(24)15(16(25)20-12-7-5-11(18)6-8-12)23-22-14-4-2-3-13(9-14)21-17(19)26/h2-9,24H,18H2,1H3,(H,20,25)(H3,19,21,26)/b15-10+,23-22?. The molecule has 9 heteroatoms. The molecule has 0 saturated heterocycles. The summed E-state index contributed by atoms with van der Waals surface area (Å²) in [6.07, 6.45) is 0. The van der Waals surface area contributed by atoms with Crippen molar-refractivity contribution in [3.63, 3.8) is 0 Å². The van der Waals surface area contributed by atoms with E-state index < -0.39 is 11.9 Å². The second-order valence-corrected chi connectivity index (χ2v) is 5.25. The van der Waals surface area contributed by atoms with Gasteiger partial charge in [-0.15, -0.1) is 5.11 Å². The number of nitrogens with two attached hydrogens (primary N) is 2. The lowest BCUT2D eigenvalue weighted by atomic mass is 10.2. The number of nitrogens with one attached hydrogen (secondary N) is 2. The van der Waals surface area contributed by atoms with Crippen LogP contribution in [-0.2, 0) is 4.79 Å². The average Bonchev–Trinajstić information content (AvgIpc) is 2.56. The molecule has 3 amide bonds. The second kappa shape index (κ2) is 8.29. The Bertz CT molecular complexity index is 870. The molecule has 0 aromatic heterocycles. The van der Waals surface area contributed by atoms with Crippen molar-refractivity contribution in [1.29, 1.82) is 0 Å². The number of hydrogen-bond acceptors (Lipinski definition) is 6. The molecule has 0 atom stereocenters. The van der Waals surface area contributed by atoms with Crippen molar-refractivity contribution in [2.75, 3.05) is 16.4 Å². The first-order chi connectivity index (χ1) is 12.3. The van der Waals surface area contributed by atoms with Gasteiger partial charge in [0, 0.05) is 17.1 Å². The largest absolute Gasteiger partial charge is 0.510 e. The summed E-state index contributed by atoms with van der Waals surface area (Å²) in [7, 11) is 0. The third kappa shape index (κ3) is 5.34. The molecule has 9 nitrogen and oxygen atoms in total. The quantitative estimate of drug-likeness (QED) is 0.242. The highest BCUT2D eigenvalue weighted by molar-refractivity contribution is 6.03. The van der Waals surface area contributed by atoms with Crippen LogP contribution >= 0.6 is 0 Å². The van der Waals surface area contributed by atoms with E-state index in [1.807, 2.05) is 0 Å². The molecule has 2 aromatic carbocycles. The van der Waals surface area contributed by atoms with Gasteiger partial charge in [-0.1, -0.05) is 6.07 Å². The van der Waals surface area contributed by atoms with E-state index in [4.69, 9.17) is 11.5 Å². The monoisotopic (exact) mass is 354 g/mol. The lowest BCUT2D eigenvalue weighted by molar-refractivity contribution is -0.113. The first kappa shape index (κ1) is 18.5. The number of allylic oxidation sites excluding steroid dienone is 1. The van der Waals surface area contributed by atoms with Gasteiger partial charge in [-0.2, -0.15) is 5.11 Å². The van der Waals surface area contributed by atoms with Gasteiger partial charge in [-0.05, 0) is 49.4 Å². The highest BCUT2D eigenvalue weighted by atomic mass is 16.3. The topological polar surface area (TPSA) is 155 Å². The van der Waals surface area contributed by atoms with Crippen LogP contribution in [0.5, 0.6) is 0 Å². The molecule has 26 heavy (non-hydrogen) atoms. The van der Waals surface area contributed by atoms with Gasteiger partial charge in [0.05, 0.1) is 5.69 Å². The number of carbonyl (C=O) groups excluding carboxylic acids is 2. The predicted molar refractivity (Wildman–Crippen MR) is 99.0 cm³/mol. The minimum absolute atomic E-state index is 0.255. The zero-order chi connectivity index (χ0) is 19.1. The maximum Gasteiger partial charge on any atom is 0.316 e. The lowest BCUT2D eigenvalue weighted by Gasteiger charge is -2.06. The Morgan fingerprint density at radius 3 is 2.35 bits per heavy atom. The lowest BCUT2D eigenvalue weighted by Crippen LogP contribution is -2.19. The first-order valence-electron chi connectivity index (χ1n) is 7.50. The Labute approximate surface area is 149 Å². The summed E-state index contributed by atoms with van der Waals surface area (Å²) in [4.78, 5) is 23.2. The van der Waals surface area contributed by atoms with Crippen LogP contribution in [0.4, 0.5) is 27.5 Å². The number of carbonyl (C=O) groups is 2. The SMILES string of the molecule is C/C(O)=C(\N=Nc1cccc(NC(N)=O)c1)C(=O)Nc1ccc(N)cc1. The van der Waals surface area contributed by atoms with Crippen molar-refractivity contribution in [2.24, 2.45) is 16.0 Å². The summed E-state index contributed by atoms with van der Waals surface area (Å²) in [6, 6.07) is 12.1. The molecule has 0 fully saturated rings. The van der Waals surface area contributed by atoms with Gasteiger partial charge >= 0.3 is 6.03 Å². The number of urea groups is 1. The third-order valence-electron chi connectivity index (χ3n) is 3.11. The normalized spacial score (nSPS) is 11.7. The summed E-state index contributed by atoms with van der Waals surface area (Å²) < 4.78 is 0. The maximum atomic E-state index is 12.3. The van der Waals surface area contributed by atoms with E-state index >= 15 is 0 Å². The van der Waals surface area contributed by atoms with Crippen LogP contribution < -0.4 is 22.1 Å². The number of azo groups is 1. The fraction of sp³-hybridized carbons (Fsp3) is 0.0588. The molecule has 0 heterocycles. The van der Waals surface area contributed by atoms with E-state index in [0.717, 1.165) is 0 Å². The molecule has 0 aliphatic rings. The number of nitrogen functional groups attached to an aromatic ring is 1. The second-order valence-electron chi connectivity index (χ2n) is 5.25.